The zero-order valence-corrected chi connectivity index (χ0v) is 19.3. The summed E-state index contributed by atoms with van der Waals surface area (Å²) in [5.41, 5.74) is 0.685. The maximum Gasteiger partial charge on any atom is 0.386 e. The number of hydrogen-bond donors (Lipinski definition) is 0. The van der Waals surface area contributed by atoms with E-state index in [0.29, 0.717) is 0 Å². The van der Waals surface area contributed by atoms with E-state index >= 15 is 0 Å². The minimum atomic E-state index is -4.13. The third-order valence-corrected chi connectivity index (χ3v) is 4.37. The van der Waals surface area contributed by atoms with Crippen LogP contribution in [-0.4, -0.2) is 49.8 Å². The zero-order valence-electron chi connectivity index (χ0n) is 19.3. The van der Waals surface area contributed by atoms with Gasteiger partial charge in [0, 0.05) is 0 Å². The van der Waals surface area contributed by atoms with Crippen LogP contribution in [0.5, 0.6) is 5.75 Å². The molecular weight excluding hydrogens is 438 g/mol. The highest BCUT2D eigenvalue weighted by Gasteiger charge is 2.51. The van der Waals surface area contributed by atoms with Crippen LogP contribution in [0.15, 0.2) is 49.1 Å². The third kappa shape index (κ3) is 8.76. The average Bonchev–Trinajstić information content (AvgIpc) is 2.75. The Balaban J connectivity index is 2.67. The first-order chi connectivity index (χ1) is 15.3. The van der Waals surface area contributed by atoms with E-state index in [1.807, 2.05) is 20.8 Å². The Labute approximate surface area is 192 Å². The lowest BCUT2D eigenvalue weighted by molar-refractivity contribution is -0.194. The van der Waals surface area contributed by atoms with E-state index < -0.39 is 36.5 Å². The van der Waals surface area contributed by atoms with Gasteiger partial charge in [-0.05, 0) is 29.5 Å². The van der Waals surface area contributed by atoms with Crippen LogP contribution in [0.4, 0.5) is 8.78 Å². The van der Waals surface area contributed by atoms with Crippen LogP contribution in [0.1, 0.15) is 39.7 Å². The van der Waals surface area contributed by atoms with Crippen LogP contribution in [0, 0.1) is 0 Å². The van der Waals surface area contributed by atoms with E-state index in [0.717, 1.165) is 5.56 Å². The summed E-state index contributed by atoms with van der Waals surface area (Å²) in [6.07, 6.45) is -1.02. The van der Waals surface area contributed by atoms with Crippen LogP contribution in [0.2, 0.25) is 0 Å². The molecule has 0 N–H and O–H groups in total. The zero-order chi connectivity index (χ0) is 25.2. The summed E-state index contributed by atoms with van der Waals surface area (Å²) in [5.74, 6) is -8.26. The minimum Gasteiger partial charge on any atom is -0.453 e. The van der Waals surface area contributed by atoms with Crippen molar-refractivity contribution >= 4 is 17.9 Å². The predicted octanol–water partition coefficient (Wildman–Crippen LogP) is 4.15. The van der Waals surface area contributed by atoms with Gasteiger partial charge in [-0.3, -0.25) is 0 Å². The van der Waals surface area contributed by atoms with Crippen LogP contribution >= 0.6 is 0 Å². The Morgan fingerprint density at radius 3 is 2.21 bits per heavy atom. The standard InChI is InChI=1S/C24H30F2O7/c1-7-13-30-14-16(3)21(28)31-15-20(27)33-19(8-2)24(25,26)22(29)32-18-11-9-17(10-12-18)23(4,5)6/h7,9-12,19H,1,3,8,13-15H2,2,4-6H3. The molecule has 0 amide bonds. The summed E-state index contributed by atoms with van der Waals surface area (Å²) in [7, 11) is 0. The molecule has 0 radical (unpaired) electrons. The van der Waals surface area contributed by atoms with E-state index in [4.69, 9.17) is 9.47 Å². The van der Waals surface area contributed by atoms with Crippen molar-refractivity contribution in [2.75, 3.05) is 19.8 Å². The number of esters is 3. The van der Waals surface area contributed by atoms with Gasteiger partial charge in [0.1, 0.15) is 5.75 Å². The number of rotatable bonds is 12. The molecule has 0 saturated heterocycles. The molecule has 182 valence electrons. The fourth-order valence-corrected chi connectivity index (χ4v) is 2.49. The Kier molecular flexibility index (Phi) is 10.4. The summed E-state index contributed by atoms with van der Waals surface area (Å²) in [6.45, 7) is 13.2. The van der Waals surface area contributed by atoms with Crippen molar-refractivity contribution in [2.45, 2.75) is 51.6 Å². The topological polar surface area (TPSA) is 88.1 Å². The highest BCUT2D eigenvalue weighted by atomic mass is 19.3. The van der Waals surface area contributed by atoms with Gasteiger partial charge in [0.05, 0.1) is 18.8 Å². The molecule has 1 unspecified atom stereocenters. The Morgan fingerprint density at radius 2 is 1.70 bits per heavy atom. The summed E-state index contributed by atoms with van der Waals surface area (Å²) < 4.78 is 48.3. The number of alkyl halides is 2. The molecule has 0 aliphatic carbocycles. The molecule has 1 aromatic rings. The van der Waals surface area contributed by atoms with E-state index in [2.05, 4.69) is 22.6 Å². The molecule has 0 spiro atoms. The molecule has 33 heavy (non-hydrogen) atoms. The number of carbonyl (C=O) groups excluding carboxylic acids is 3. The molecule has 0 aliphatic rings. The first-order valence-electron chi connectivity index (χ1n) is 10.3. The maximum absolute atomic E-state index is 14.6. The van der Waals surface area contributed by atoms with Crippen molar-refractivity contribution in [3.05, 3.63) is 54.6 Å². The van der Waals surface area contributed by atoms with Gasteiger partial charge in [0.2, 0.25) is 0 Å². The van der Waals surface area contributed by atoms with Gasteiger partial charge < -0.3 is 18.9 Å². The Morgan fingerprint density at radius 1 is 1.09 bits per heavy atom. The predicted molar refractivity (Wildman–Crippen MR) is 117 cm³/mol. The largest absolute Gasteiger partial charge is 0.453 e. The highest BCUT2D eigenvalue weighted by molar-refractivity contribution is 5.89. The molecule has 9 heteroatoms. The molecule has 1 atom stereocenters. The highest BCUT2D eigenvalue weighted by Crippen LogP contribution is 2.29. The number of hydrogen-bond acceptors (Lipinski definition) is 7. The van der Waals surface area contributed by atoms with Gasteiger partial charge in [0.15, 0.2) is 12.7 Å². The van der Waals surface area contributed by atoms with Crippen LogP contribution in [0.3, 0.4) is 0 Å². The van der Waals surface area contributed by atoms with Gasteiger partial charge in [-0.15, -0.1) is 6.58 Å². The Hall–Kier alpha value is -3.07. The van der Waals surface area contributed by atoms with Gasteiger partial charge in [-0.1, -0.05) is 52.5 Å². The maximum atomic E-state index is 14.6. The molecule has 1 rings (SSSR count). The van der Waals surface area contributed by atoms with Crippen molar-refractivity contribution in [3.8, 4) is 5.75 Å². The van der Waals surface area contributed by atoms with E-state index in [9.17, 15) is 23.2 Å². The second-order valence-corrected chi connectivity index (χ2v) is 8.16. The SMILES string of the molecule is C=CCOCC(=C)C(=O)OCC(=O)OC(CC)C(F)(F)C(=O)Oc1ccc(C(C)(C)C)cc1. The van der Waals surface area contributed by atoms with Crippen molar-refractivity contribution in [1.82, 2.24) is 0 Å². The summed E-state index contributed by atoms with van der Waals surface area (Å²) in [4.78, 5) is 35.7. The quantitative estimate of drug-likeness (QED) is 0.150. The summed E-state index contributed by atoms with van der Waals surface area (Å²) in [6, 6.07) is 6.16. The molecule has 0 bridgehead atoms. The summed E-state index contributed by atoms with van der Waals surface area (Å²) in [5, 5.41) is 0. The van der Waals surface area contributed by atoms with Gasteiger partial charge in [0.25, 0.3) is 0 Å². The lowest BCUT2D eigenvalue weighted by Gasteiger charge is -2.24. The fourth-order valence-electron chi connectivity index (χ4n) is 2.49. The Bertz CT molecular complexity index is 855. The van der Waals surface area contributed by atoms with E-state index in [-0.39, 0.29) is 36.4 Å². The monoisotopic (exact) mass is 468 g/mol. The molecule has 1 aromatic carbocycles. The van der Waals surface area contributed by atoms with Crippen molar-refractivity contribution in [3.63, 3.8) is 0 Å². The van der Waals surface area contributed by atoms with Gasteiger partial charge in [-0.2, -0.15) is 8.78 Å². The lowest BCUT2D eigenvalue weighted by atomic mass is 9.87. The normalized spacial score (nSPS) is 12.4. The van der Waals surface area contributed by atoms with Gasteiger partial charge >= 0.3 is 23.8 Å². The third-order valence-electron chi connectivity index (χ3n) is 4.37. The fraction of sp³-hybridized carbons (Fsp3) is 0.458. The minimum absolute atomic E-state index is 0.0695. The van der Waals surface area contributed by atoms with Crippen molar-refractivity contribution in [1.29, 1.82) is 0 Å². The van der Waals surface area contributed by atoms with E-state index in [1.165, 1.54) is 25.1 Å². The van der Waals surface area contributed by atoms with Gasteiger partial charge in [-0.25, -0.2) is 14.4 Å². The van der Waals surface area contributed by atoms with Crippen molar-refractivity contribution < 1.29 is 42.1 Å². The average molecular weight is 468 g/mol. The number of ether oxygens (including phenoxy) is 4. The smallest absolute Gasteiger partial charge is 0.386 e. The molecule has 0 aromatic heterocycles. The molecule has 0 aliphatic heterocycles. The summed E-state index contributed by atoms with van der Waals surface area (Å²) >= 11 is 0. The first kappa shape index (κ1) is 28.0. The number of benzene rings is 1. The molecule has 7 nitrogen and oxygen atoms in total. The van der Waals surface area contributed by atoms with E-state index in [1.54, 1.807) is 12.1 Å². The van der Waals surface area contributed by atoms with Crippen LogP contribution < -0.4 is 4.74 Å². The first-order valence-corrected chi connectivity index (χ1v) is 10.3. The van der Waals surface area contributed by atoms with Crippen LogP contribution in [-0.2, 0) is 34.0 Å². The number of halogens is 2. The molecule has 0 fully saturated rings. The number of carbonyl (C=O) groups is 3. The second-order valence-electron chi connectivity index (χ2n) is 8.16. The molecular formula is C24H30F2O7. The van der Waals surface area contributed by atoms with Crippen molar-refractivity contribution in [2.24, 2.45) is 0 Å². The molecule has 0 saturated carbocycles. The molecule has 0 heterocycles. The second kappa shape index (κ2) is 12.2. The van der Waals surface area contributed by atoms with Crippen LogP contribution in [0.25, 0.3) is 0 Å². The lowest BCUT2D eigenvalue weighted by Crippen LogP contribution is -2.46.